The molecule has 0 amide bonds. The van der Waals surface area contributed by atoms with Gasteiger partial charge >= 0.3 is 5.97 Å². The minimum absolute atomic E-state index is 0.0416. The molecule has 0 aliphatic rings. The van der Waals surface area contributed by atoms with Gasteiger partial charge in [0.15, 0.2) is 11.1 Å². The number of aliphatic carboxylic acids is 1. The number of benzene rings is 1. The van der Waals surface area contributed by atoms with Crippen LogP contribution in [0.5, 0.6) is 0 Å². The van der Waals surface area contributed by atoms with Gasteiger partial charge in [-0.3, -0.25) is 4.99 Å². The van der Waals surface area contributed by atoms with Crippen LogP contribution >= 0.6 is 12.2 Å². The Hall–Kier alpha value is -2.44. The Morgan fingerprint density at radius 2 is 1.88 bits per heavy atom. The molecular formula is C13H20N6O4S2. The molecule has 25 heavy (non-hydrogen) atoms. The average Bonchev–Trinajstić information content (AvgIpc) is 2.49. The lowest BCUT2D eigenvalue weighted by molar-refractivity contribution is -0.139. The standard InChI is InChI=1S/C13H20N6O4S2/c14-12(15)17-7-1-2-10(11(20)21)19-13(24)18-8-3-5-9(6-4-8)25(16,22)23/h3-6,10H,1-2,7H2,(H,20,21)(H4,14,15,17)(H2,16,22,23)(H2,18,19,24)/t10-/m0/s1. The predicted molar refractivity (Wildman–Crippen MR) is 98.5 cm³/mol. The van der Waals surface area contributed by atoms with Crippen LogP contribution in [0, 0.1) is 0 Å². The number of hydrogen-bond acceptors (Lipinski definition) is 5. The molecule has 0 aliphatic heterocycles. The first kappa shape index (κ1) is 20.6. The van der Waals surface area contributed by atoms with Gasteiger partial charge in [0.05, 0.1) is 4.90 Å². The highest BCUT2D eigenvalue weighted by molar-refractivity contribution is 7.89. The van der Waals surface area contributed by atoms with Crippen molar-refractivity contribution < 1.29 is 18.3 Å². The summed E-state index contributed by atoms with van der Waals surface area (Å²) in [4.78, 5) is 15.0. The van der Waals surface area contributed by atoms with Gasteiger partial charge in [-0.25, -0.2) is 18.4 Å². The van der Waals surface area contributed by atoms with E-state index in [1.165, 1.54) is 24.3 Å². The number of hydrogen-bond donors (Lipinski definition) is 6. The summed E-state index contributed by atoms with van der Waals surface area (Å²) >= 11 is 5.06. The van der Waals surface area contributed by atoms with Crippen LogP contribution in [0.15, 0.2) is 34.2 Å². The van der Waals surface area contributed by atoms with Gasteiger partial charge in [0.2, 0.25) is 10.0 Å². The quantitative estimate of drug-likeness (QED) is 0.142. The molecule has 1 aromatic rings. The number of carboxylic acid groups (broad SMARTS) is 1. The lowest BCUT2D eigenvalue weighted by Crippen LogP contribution is -2.43. The minimum Gasteiger partial charge on any atom is -0.480 e. The first-order chi connectivity index (χ1) is 11.6. The van der Waals surface area contributed by atoms with Gasteiger partial charge in [-0.05, 0) is 49.3 Å². The first-order valence-corrected chi connectivity index (χ1v) is 9.03. The molecule has 12 heteroatoms. The summed E-state index contributed by atoms with van der Waals surface area (Å²) in [6.45, 7) is 0.309. The third-order valence-electron chi connectivity index (χ3n) is 2.99. The molecule has 0 aromatic heterocycles. The van der Waals surface area contributed by atoms with Crippen molar-refractivity contribution in [3.05, 3.63) is 24.3 Å². The zero-order valence-electron chi connectivity index (χ0n) is 13.2. The third-order valence-corrected chi connectivity index (χ3v) is 4.14. The summed E-state index contributed by atoms with van der Waals surface area (Å²) in [6, 6.07) is 4.62. The highest BCUT2D eigenvalue weighted by Gasteiger charge is 2.18. The van der Waals surface area contributed by atoms with Gasteiger partial charge in [-0.15, -0.1) is 0 Å². The van der Waals surface area contributed by atoms with Crippen molar-refractivity contribution >= 4 is 45.0 Å². The van der Waals surface area contributed by atoms with Crippen molar-refractivity contribution in [2.75, 3.05) is 11.9 Å². The van der Waals surface area contributed by atoms with Crippen molar-refractivity contribution in [1.29, 1.82) is 0 Å². The molecule has 0 saturated heterocycles. The smallest absolute Gasteiger partial charge is 0.326 e. The Kier molecular flexibility index (Phi) is 7.54. The number of thiocarbonyl (C=S) groups is 1. The second-order valence-electron chi connectivity index (χ2n) is 5.01. The van der Waals surface area contributed by atoms with E-state index in [1.807, 2.05) is 0 Å². The molecular weight excluding hydrogens is 368 g/mol. The Morgan fingerprint density at radius 1 is 1.28 bits per heavy atom. The van der Waals surface area contributed by atoms with E-state index in [-0.39, 0.29) is 22.4 Å². The number of primary sulfonamides is 1. The van der Waals surface area contributed by atoms with E-state index in [0.29, 0.717) is 18.7 Å². The van der Waals surface area contributed by atoms with Crippen molar-refractivity contribution in [3.8, 4) is 0 Å². The Bertz CT molecular complexity index is 744. The number of anilines is 1. The summed E-state index contributed by atoms with van der Waals surface area (Å²) in [7, 11) is -3.78. The number of rotatable bonds is 8. The van der Waals surface area contributed by atoms with E-state index < -0.39 is 22.0 Å². The second kappa shape index (κ2) is 9.15. The third kappa shape index (κ3) is 7.78. The summed E-state index contributed by atoms with van der Waals surface area (Å²) < 4.78 is 22.4. The Labute approximate surface area is 150 Å². The summed E-state index contributed by atoms with van der Waals surface area (Å²) in [5, 5.41) is 19.7. The fourth-order valence-corrected chi connectivity index (χ4v) is 2.59. The number of aliphatic imine (C=N–C) groups is 1. The number of carbonyl (C=O) groups is 1. The van der Waals surface area contributed by atoms with Crippen LogP contribution in [0.3, 0.4) is 0 Å². The van der Waals surface area contributed by atoms with E-state index in [9.17, 15) is 18.3 Å². The topological polar surface area (TPSA) is 186 Å². The van der Waals surface area contributed by atoms with Gasteiger partial charge in [0.1, 0.15) is 6.04 Å². The zero-order valence-corrected chi connectivity index (χ0v) is 14.8. The van der Waals surface area contributed by atoms with Crippen LogP contribution in [0.1, 0.15) is 12.8 Å². The lowest BCUT2D eigenvalue weighted by Gasteiger charge is -2.17. The molecule has 0 spiro atoms. The maximum Gasteiger partial charge on any atom is 0.326 e. The van der Waals surface area contributed by atoms with Gasteiger partial charge in [0.25, 0.3) is 0 Å². The number of carboxylic acids is 1. The van der Waals surface area contributed by atoms with Gasteiger partial charge in [-0.1, -0.05) is 0 Å². The van der Waals surface area contributed by atoms with Crippen LogP contribution in [0.25, 0.3) is 0 Å². The van der Waals surface area contributed by atoms with Gasteiger partial charge < -0.3 is 27.2 Å². The molecule has 0 radical (unpaired) electrons. The van der Waals surface area contributed by atoms with Crippen molar-refractivity contribution in [3.63, 3.8) is 0 Å². The number of nitrogens with one attached hydrogen (secondary N) is 2. The van der Waals surface area contributed by atoms with Crippen LogP contribution < -0.4 is 27.2 Å². The largest absolute Gasteiger partial charge is 0.480 e. The molecule has 0 fully saturated rings. The number of guanidine groups is 1. The SMILES string of the molecule is NC(N)=NCCC[C@H](NC(=S)Nc1ccc(S(N)(=O)=O)cc1)C(=O)O. The fourth-order valence-electron chi connectivity index (χ4n) is 1.81. The number of sulfonamides is 1. The monoisotopic (exact) mass is 388 g/mol. The number of nitrogens with zero attached hydrogens (tertiary/aromatic N) is 1. The fraction of sp³-hybridized carbons (Fsp3) is 0.308. The summed E-state index contributed by atoms with van der Waals surface area (Å²) in [6.07, 6.45) is 0.714. The molecule has 10 nitrogen and oxygen atoms in total. The van der Waals surface area contributed by atoms with Gasteiger partial charge in [0, 0.05) is 12.2 Å². The highest BCUT2D eigenvalue weighted by Crippen LogP contribution is 2.12. The predicted octanol–water partition coefficient (Wildman–Crippen LogP) is -0.873. The van der Waals surface area contributed by atoms with E-state index in [1.54, 1.807) is 0 Å². The lowest BCUT2D eigenvalue weighted by atomic mass is 10.1. The molecule has 9 N–H and O–H groups in total. The maximum atomic E-state index is 11.3. The average molecular weight is 388 g/mol. The van der Waals surface area contributed by atoms with Gasteiger partial charge in [-0.2, -0.15) is 0 Å². The molecule has 0 bridgehead atoms. The number of nitrogens with two attached hydrogens (primary N) is 3. The van der Waals surface area contributed by atoms with E-state index in [2.05, 4.69) is 15.6 Å². The first-order valence-electron chi connectivity index (χ1n) is 7.08. The van der Waals surface area contributed by atoms with Crippen LogP contribution in [0.4, 0.5) is 5.69 Å². The summed E-state index contributed by atoms with van der Waals surface area (Å²) in [5.74, 6) is -1.13. The minimum atomic E-state index is -3.78. The highest BCUT2D eigenvalue weighted by atomic mass is 32.2. The van der Waals surface area contributed by atoms with E-state index >= 15 is 0 Å². The zero-order chi connectivity index (χ0) is 19.0. The van der Waals surface area contributed by atoms with Crippen molar-refractivity contribution in [2.45, 2.75) is 23.8 Å². The molecule has 0 heterocycles. The molecule has 1 aromatic carbocycles. The molecule has 0 saturated carbocycles. The molecule has 138 valence electrons. The van der Waals surface area contributed by atoms with Crippen molar-refractivity contribution in [2.24, 2.45) is 21.6 Å². The molecule has 1 atom stereocenters. The van der Waals surface area contributed by atoms with Crippen LogP contribution in [0.2, 0.25) is 0 Å². The molecule has 0 unspecified atom stereocenters. The maximum absolute atomic E-state index is 11.3. The molecule has 1 rings (SSSR count). The molecule has 0 aliphatic carbocycles. The Balaban J connectivity index is 2.60. The van der Waals surface area contributed by atoms with Crippen LogP contribution in [-0.4, -0.2) is 43.2 Å². The van der Waals surface area contributed by atoms with Crippen molar-refractivity contribution in [1.82, 2.24) is 5.32 Å². The van der Waals surface area contributed by atoms with E-state index in [0.717, 1.165) is 0 Å². The van der Waals surface area contributed by atoms with E-state index in [4.69, 9.17) is 28.8 Å². The Morgan fingerprint density at radius 3 is 2.36 bits per heavy atom. The second-order valence-corrected chi connectivity index (χ2v) is 6.98. The summed E-state index contributed by atoms with van der Waals surface area (Å²) in [5.41, 5.74) is 10.9. The van der Waals surface area contributed by atoms with Crippen LogP contribution in [-0.2, 0) is 14.8 Å². The normalized spacial score (nSPS) is 12.0.